The van der Waals surface area contributed by atoms with E-state index in [0.717, 1.165) is 32.7 Å². The lowest BCUT2D eigenvalue weighted by molar-refractivity contribution is -0.117. The Labute approximate surface area is 127 Å². The SMILES string of the molecule is Cc1cc(NC(=O)C(C)c2c(C)n[nH]c2C)ccc1Br. The third-order valence-electron chi connectivity index (χ3n) is 3.44. The molecule has 2 N–H and O–H groups in total. The van der Waals surface area contributed by atoms with Crippen molar-refractivity contribution in [3.05, 3.63) is 45.2 Å². The fourth-order valence-electron chi connectivity index (χ4n) is 2.30. The summed E-state index contributed by atoms with van der Waals surface area (Å²) in [5.41, 5.74) is 4.68. The maximum Gasteiger partial charge on any atom is 0.231 e. The number of nitrogens with zero attached hydrogens (tertiary/aromatic N) is 1. The highest BCUT2D eigenvalue weighted by atomic mass is 79.9. The Balaban J connectivity index is 2.17. The average molecular weight is 336 g/mol. The van der Waals surface area contributed by atoms with E-state index >= 15 is 0 Å². The Morgan fingerprint density at radius 1 is 1.35 bits per heavy atom. The number of benzene rings is 1. The summed E-state index contributed by atoms with van der Waals surface area (Å²) in [6, 6.07) is 5.77. The number of hydrogen-bond donors (Lipinski definition) is 2. The van der Waals surface area contributed by atoms with Crippen LogP contribution in [0.1, 0.15) is 35.4 Å². The molecule has 1 aromatic carbocycles. The van der Waals surface area contributed by atoms with Crippen molar-refractivity contribution >= 4 is 27.5 Å². The lowest BCUT2D eigenvalue weighted by atomic mass is 9.98. The highest BCUT2D eigenvalue weighted by Crippen LogP contribution is 2.24. The summed E-state index contributed by atoms with van der Waals surface area (Å²) >= 11 is 3.45. The van der Waals surface area contributed by atoms with Gasteiger partial charge in [0.25, 0.3) is 0 Å². The van der Waals surface area contributed by atoms with Gasteiger partial charge in [-0.2, -0.15) is 5.10 Å². The Morgan fingerprint density at radius 3 is 2.60 bits per heavy atom. The van der Waals surface area contributed by atoms with Crippen molar-refractivity contribution in [1.29, 1.82) is 0 Å². The standard InChI is InChI=1S/C15H18BrN3O/c1-8-7-12(5-6-13(8)16)17-15(20)9(2)14-10(3)18-19-11(14)4/h5-7,9H,1-4H3,(H,17,20)(H,18,19). The van der Waals surface area contributed by atoms with Crippen molar-refractivity contribution in [2.45, 2.75) is 33.6 Å². The van der Waals surface area contributed by atoms with Gasteiger partial charge in [0.15, 0.2) is 0 Å². The second kappa shape index (κ2) is 5.79. The second-order valence-electron chi connectivity index (χ2n) is 5.02. The number of hydrogen-bond acceptors (Lipinski definition) is 2. The van der Waals surface area contributed by atoms with Crippen LogP contribution in [0.4, 0.5) is 5.69 Å². The number of anilines is 1. The molecule has 0 aliphatic carbocycles. The van der Waals surface area contributed by atoms with Crippen LogP contribution in [0, 0.1) is 20.8 Å². The van der Waals surface area contributed by atoms with Crippen LogP contribution in [-0.4, -0.2) is 16.1 Å². The first-order valence-corrected chi connectivity index (χ1v) is 7.28. The van der Waals surface area contributed by atoms with Crippen LogP contribution in [-0.2, 0) is 4.79 Å². The summed E-state index contributed by atoms with van der Waals surface area (Å²) in [6.07, 6.45) is 0. The van der Waals surface area contributed by atoms with Crippen molar-refractivity contribution in [2.24, 2.45) is 0 Å². The number of rotatable bonds is 3. The molecule has 1 atom stereocenters. The van der Waals surface area contributed by atoms with Gasteiger partial charge in [0.1, 0.15) is 0 Å². The maximum absolute atomic E-state index is 12.3. The normalized spacial score (nSPS) is 12.2. The number of aromatic nitrogens is 2. The molecule has 0 bridgehead atoms. The number of amides is 1. The van der Waals surface area contributed by atoms with E-state index in [0.29, 0.717) is 0 Å². The zero-order valence-electron chi connectivity index (χ0n) is 12.0. The van der Waals surface area contributed by atoms with E-state index in [4.69, 9.17) is 0 Å². The first kappa shape index (κ1) is 14.8. The van der Waals surface area contributed by atoms with E-state index in [1.165, 1.54) is 0 Å². The van der Waals surface area contributed by atoms with Crippen LogP contribution in [0.15, 0.2) is 22.7 Å². The van der Waals surface area contributed by atoms with Crippen molar-refractivity contribution in [1.82, 2.24) is 10.2 Å². The lowest BCUT2D eigenvalue weighted by Gasteiger charge is -2.13. The Morgan fingerprint density at radius 2 is 2.05 bits per heavy atom. The molecule has 0 aliphatic rings. The molecule has 20 heavy (non-hydrogen) atoms. The molecule has 0 aliphatic heterocycles. The van der Waals surface area contributed by atoms with Gasteiger partial charge in [-0.3, -0.25) is 9.89 Å². The molecule has 1 amide bonds. The molecule has 2 aromatic rings. The summed E-state index contributed by atoms with van der Waals surface area (Å²) < 4.78 is 1.03. The van der Waals surface area contributed by atoms with Gasteiger partial charge in [-0.25, -0.2) is 0 Å². The lowest BCUT2D eigenvalue weighted by Crippen LogP contribution is -2.19. The molecular weight excluding hydrogens is 318 g/mol. The molecule has 0 fully saturated rings. The molecule has 1 aromatic heterocycles. The van der Waals surface area contributed by atoms with Crippen LogP contribution in [0.25, 0.3) is 0 Å². The molecule has 0 radical (unpaired) electrons. The zero-order valence-corrected chi connectivity index (χ0v) is 13.6. The third kappa shape index (κ3) is 2.93. The molecule has 0 saturated carbocycles. The largest absolute Gasteiger partial charge is 0.326 e. The number of H-pyrrole nitrogens is 1. The maximum atomic E-state index is 12.3. The Kier molecular flexibility index (Phi) is 4.28. The van der Waals surface area contributed by atoms with Crippen LogP contribution in [0.5, 0.6) is 0 Å². The number of nitrogens with one attached hydrogen (secondary N) is 2. The fraction of sp³-hybridized carbons (Fsp3) is 0.333. The van der Waals surface area contributed by atoms with E-state index in [1.807, 2.05) is 45.9 Å². The molecular formula is C15H18BrN3O. The summed E-state index contributed by atoms with van der Waals surface area (Å²) in [4.78, 5) is 12.3. The smallest absolute Gasteiger partial charge is 0.231 e. The van der Waals surface area contributed by atoms with Gasteiger partial charge in [-0.05, 0) is 51.5 Å². The summed E-state index contributed by atoms with van der Waals surface area (Å²) in [6.45, 7) is 7.73. The molecule has 5 heteroatoms. The van der Waals surface area contributed by atoms with Crippen molar-refractivity contribution < 1.29 is 4.79 Å². The number of aromatic amines is 1. The van der Waals surface area contributed by atoms with Crippen molar-refractivity contribution in [3.63, 3.8) is 0 Å². The highest BCUT2D eigenvalue weighted by molar-refractivity contribution is 9.10. The Bertz CT molecular complexity index is 629. The zero-order chi connectivity index (χ0) is 14.9. The molecule has 0 spiro atoms. The van der Waals surface area contributed by atoms with Gasteiger partial charge in [-0.1, -0.05) is 15.9 Å². The predicted molar refractivity (Wildman–Crippen MR) is 84.0 cm³/mol. The Hall–Kier alpha value is -1.62. The van der Waals surface area contributed by atoms with Gasteiger partial charge in [0.2, 0.25) is 5.91 Å². The number of carbonyl (C=O) groups is 1. The fourth-order valence-corrected chi connectivity index (χ4v) is 2.55. The minimum absolute atomic E-state index is 0.0284. The van der Waals surface area contributed by atoms with Gasteiger partial charge in [0, 0.05) is 21.4 Å². The van der Waals surface area contributed by atoms with Crippen LogP contribution in [0.2, 0.25) is 0 Å². The van der Waals surface area contributed by atoms with Crippen LogP contribution < -0.4 is 5.32 Å². The second-order valence-corrected chi connectivity index (χ2v) is 5.88. The van der Waals surface area contributed by atoms with E-state index < -0.39 is 0 Å². The van der Waals surface area contributed by atoms with Crippen LogP contribution in [0.3, 0.4) is 0 Å². The van der Waals surface area contributed by atoms with Crippen LogP contribution >= 0.6 is 15.9 Å². The minimum atomic E-state index is -0.238. The topological polar surface area (TPSA) is 57.8 Å². The van der Waals surface area contributed by atoms with Crippen molar-refractivity contribution in [3.8, 4) is 0 Å². The number of aryl methyl sites for hydroxylation is 3. The van der Waals surface area contributed by atoms with E-state index in [2.05, 4.69) is 31.4 Å². The molecule has 0 saturated heterocycles. The molecule has 4 nitrogen and oxygen atoms in total. The molecule has 1 unspecified atom stereocenters. The predicted octanol–water partition coefficient (Wildman–Crippen LogP) is 3.84. The summed E-state index contributed by atoms with van der Waals surface area (Å²) in [5, 5.41) is 10.0. The van der Waals surface area contributed by atoms with E-state index in [-0.39, 0.29) is 11.8 Å². The molecule has 106 valence electrons. The molecule has 2 rings (SSSR count). The third-order valence-corrected chi connectivity index (χ3v) is 4.33. The number of carbonyl (C=O) groups excluding carboxylic acids is 1. The van der Waals surface area contributed by atoms with Gasteiger partial charge in [0.05, 0.1) is 11.6 Å². The summed E-state index contributed by atoms with van der Waals surface area (Å²) in [5.74, 6) is -0.267. The number of halogens is 1. The van der Waals surface area contributed by atoms with Gasteiger partial charge >= 0.3 is 0 Å². The summed E-state index contributed by atoms with van der Waals surface area (Å²) in [7, 11) is 0. The van der Waals surface area contributed by atoms with Crippen molar-refractivity contribution in [2.75, 3.05) is 5.32 Å². The average Bonchev–Trinajstić information content (AvgIpc) is 2.72. The first-order valence-electron chi connectivity index (χ1n) is 6.48. The monoisotopic (exact) mass is 335 g/mol. The van der Waals surface area contributed by atoms with Gasteiger partial charge < -0.3 is 5.32 Å². The minimum Gasteiger partial charge on any atom is -0.326 e. The van der Waals surface area contributed by atoms with E-state index in [1.54, 1.807) is 0 Å². The first-order chi connectivity index (χ1) is 9.40. The van der Waals surface area contributed by atoms with Gasteiger partial charge in [-0.15, -0.1) is 0 Å². The van der Waals surface area contributed by atoms with E-state index in [9.17, 15) is 4.79 Å². The molecule has 1 heterocycles. The quantitative estimate of drug-likeness (QED) is 0.895. The highest BCUT2D eigenvalue weighted by Gasteiger charge is 2.21.